The van der Waals surface area contributed by atoms with Crippen molar-refractivity contribution in [3.05, 3.63) is 28.8 Å². The Hall–Kier alpha value is -1.97. The van der Waals surface area contributed by atoms with Gasteiger partial charge in [0.1, 0.15) is 11.5 Å². The van der Waals surface area contributed by atoms with Crippen LogP contribution >= 0.6 is 0 Å². The first-order valence-corrected chi connectivity index (χ1v) is 11.3. The molecule has 0 saturated heterocycles. The van der Waals surface area contributed by atoms with Gasteiger partial charge in [0.2, 0.25) is 0 Å². The van der Waals surface area contributed by atoms with Crippen LogP contribution in [0.5, 0.6) is 11.5 Å². The van der Waals surface area contributed by atoms with Gasteiger partial charge in [0.05, 0.1) is 11.5 Å². The molecule has 0 radical (unpaired) electrons. The summed E-state index contributed by atoms with van der Waals surface area (Å²) in [6, 6.07) is 3.58. The van der Waals surface area contributed by atoms with Crippen molar-refractivity contribution in [3.63, 3.8) is 0 Å². The first-order valence-electron chi connectivity index (χ1n) is 11.3. The molecule has 162 valence electrons. The highest BCUT2D eigenvalue weighted by molar-refractivity contribution is 5.83. The lowest BCUT2D eigenvalue weighted by molar-refractivity contribution is -0.139. The fourth-order valence-corrected chi connectivity index (χ4v) is 4.81. The van der Waals surface area contributed by atoms with Crippen LogP contribution in [0.25, 0.3) is 5.57 Å². The highest BCUT2D eigenvalue weighted by atomic mass is 16.4. The molecule has 3 atom stereocenters. The van der Waals surface area contributed by atoms with E-state index in [0.717, 1.165) is 61.7 Å². The van der Waals surface area contributed by atoms with Crippen LogP contribution in [0.4, 0.5) is 0 Å². The Labute approximate surface area is 175 Å². The average Bonchev–Trinajstić information content (AvgIpc) is 2.68. The number of rotatable bonds is 10. The van der Waals surface area contributed by atoms with Crippen molar-refractivity contribution in [2.24, 2.45) is 11.8 Å². The maximum Gasteiger partial charge on any atom is 0.310 e. The first-order chi connectivity index (χ1) is 13.8. The fraction of sp³-hybridized carbons (Fsp3) is 0.640. The Bertz CT molecular complexity index is 711. The van der Waals surface area contributed by atoms with Crippen molar-refractivity contribution in [3.8, 4) is 11.5 Å². The third kappa shape index (κ3) is 5.55. The van der Waals surface area contributed by atoms with Crippen molar-refractivity contribution in [1.82, 2.24) is 0 Å². The van der Waals surface area contributed by atoms with E-state index in [9.17, 15) is 20.1 Å². The molecule has 2 rings (SSSR count). The number of carboxylic acid groups (broad SMARTS) is 1. The normalized spacial score (nSPS) is 19.2. The number of aromatic hydroxyl groups is 2. The molecule has 0 spiro atoms. The lowest BCUT2D eigenvalue weighted by Crippen LogP contribution is -2.19. The van der Waals surface area contributed by atoms with E-state index in [1.165, 1.54) is 0 Å². The third-order valence-electron chi connectivity index (χ3n) is 6.58. The molecule has 0 bridgehead atoms. The van der Waals surface area contributed by atoms with Gasteiger partial charge in [-0.3, -0.25) is 4.79 Å². The molecule has 1 aliphatic carbocycles. The summed E-state index contributed by atoms with van der Waals surface area (Å²) in [7, 11) is 0. The monoisotopic (exact) mass is 402 g/mol. The predicted octanol–water partition coefficient (Wildman–Crippen LogP) is 6.86. The second kappa shape index (κ2) is 10.7. The van der Waals surface area contributed by atoms with Gasteiger partial charge in [0.15, 0.2) is 0 Å². The van der Waals surface area contributed by atoms with Crippen LogP contribution in [-0.4, -0.2) is 21.3 Å². The molecule has 3 N–H and O–H groups in total. The van der Waals surface area contributed by atoms with Crippen LogP contribution in [0.15, 0.2) is 17.7 Å². The summed E-state index contributed by atoms with van der Waals surface area (Å²) in [6.07, 6.45) is 8.78. The van der Waals surface area contributed by atoms with Crippen LogP contribution in [0, 0.1) is 11.8 Å². The Balaban J connectivity index is 2.51. The van der Waals surface area contributed by atoms with Crippen molar-refractivity contribution in [1.29, 1.82) is 0 Å². The zero-order valence-corrected chi connectivity index (χ0v) is 18.5. The van der Waals surface area contributed by atoms with Gasteiger partial charge in [0, 0.05) is 0 Å². The minimum Gasteiger partial charge on any atom is -0.507 e. The van der Waals surface area contributed by atoms with Crippen molar-refractivity contribution in [2.75, 3.05) is 0 Å². The minimum atomic E-state index is -0.854. The van der Waals surface area contributed by atoms with E-state index >= 15 is 0 Å². The average molecular weight is 403 g/mol. The smallest absolute Gasteiger partial charge is 0.310 e. The number of carboxylic acids is 1. The number of allylic oxidation sites excluding steroid dienone is 1. The van der Waals surface area contributed by atoms with Gasteiger partial charge in [-0.1, -0.05) is 52.0 Å². The van der Waals surface area contributed by atoms with E-state index in [1.54, 1.807) is 19.1 Å². The number of unbranched alkanes of at least 4 members (excludes halogenated alkanes) is 1. The van der Waals surface area contributed by atoms with Gasteiger partial charge in [0.25, 0.3) is 0 Å². The minimum absolute atomic E-state index is 0.0807. The van der Waals surface area contributed by atoms with Crippen LogP contribution in [-0.2, 0) is 4.79 Å². The lowest BCUT2D eigenvalue weighted by atomic mass is 9.75. The first kappa shape index (κ1) is 23.3. The number of phenolic OH excluding ortho intramolecular Hbond substituents is 2. The molecule has 1 aliphatic rings. The van der Waals surface area contributed by atoms with Crippen LogP contribution < -0.4 is 0 Å². The van der Waals surface area contributed by atoms with Crippen molar-refractivity contribution in [2.45, 2.75) is 91.4 Å². The van der Waals surface area contributed by atoms with Crippen molar-refractivity contribution >= 4 is 11.5 Å². The molecule has 0 amide bonds. The van der Waals surface area contributed by atoms with E-state index in [2.05, 4.69) is 20.8 Å². The van der Waals surface area contributed by atoms with Gasteiger partial charge in [-0.2, -0.15) is 0 Å². The molecule has 0 saturated carbocycles. The molecule has 0 heterocycles. The lowest BCUT2D eigenvalue weighted by Gasteiger charge is -2.30. The Morgan fingerprint density at radius 1 is 1.14 bits per heavy atom. The molecule has 0 aliphatic heterocycles. The summed E-state index contributed by atoms with van der Waals surface area (Å²) < 4.78 is 0. The number of aliphatic carboxylic acids is 1. The quantitative estimate of drug-likeness (QED) is 0.399. The topological polar surface area (TPSA) is 77.8 Å². The predicted molar refractivity (Wildman–Crippen MR) is 118 cm³/mol. The highest BCUT2D eigenvalue weighted by Crippen LogP contribution is 2.47. The maximum atomic E-state index is 11.7. The summed E-state index contributed by atoms with van der Waals surface area (Å²) in [4.78, 5) is 11.7. The van der Waals surface area contributed by atoms with E-state index in [1.807, 2.05) is 0 Å². The number of phenols is 2. The summed E-state index contributed by atoms with van der Waals surface area (Å²) >= 11 is 0. The van der Waals surface area contributed by atoms with Crippen LogP contribution in [0.2, 0.25) is 0 Å². The second-order valence-electron chi connectivity index (χ2n) is 8.64. The fourth-order valence-electron chi connectivity index (χ4n) is 4.81. The number of hydrogen-bond acceptors (Lipinski definition) is 3. The van der Waals surface area contributed by atoms with Crippen molar-refractivity contribution < 1.29 is 20.1 Å². The second-order valence-corrected chi connectivity index (χ2v) is 8.64. The molecule has 0 fully saturated rings. The molecule has 29 heavy (non-hydrogen) atoms. The largest absolute Gasteiger partial charge is 0.507 e. The van der Waals surface area contributed by atoms with Gasteiger partial charge < -0.3 is 15.3 Å². The molecule has 1 aromatic carbocycles. The summed E-state index contributed by atoms with van der Waals surface area (Å²) in [5, 5.41) is 31.4. The molecule has 4 nitrogen and oxygen atoms in total. The van der Waals surface area contributed by atoms with E-state index < -0.39 is 11.9 Å². The van der Waals surface area contributed by atoms with Crippen LogP contribution in [0.3, 0.4) is 0 Å². The SMILES string of the molecule is CCCCC(CC)c1cc(O)c(C2=C(C(C)C(=O)O)CCC(CCC)C2)c(O)c1. The molecule has 3 unspecified atom stereocenters. The Morgan fingerprint density at radius 2 is 1.79 bits per heavy atom. The zero-order valence-electron chi connectivity index (χ0n) is 18.5. The van der Waals surface area contributed by atoms with E-state index in [4.69, 9.17) is 0 Å². The summed E-state index contributed by atoms with van der Waals surface area (Å²) in [5.41, 5.74) is 3.10. The highest BCUT2D eigenvalue weighted by Gasteiger charge is 2.30. The van der Waals surface area contributed by atoms with Gasteiger partial charge in [-0.25, -0.2) is 0 Å². The molecule has 0 aromatic heterocycles. The third-order valence-corrected chi connectivity index (χ3v) is 6.58. The van der Waals surface area contributed by atoms with Gasteiger partial charge in [-0.15, -0.1) is 0 Å². The summed E-state index contributed by atoms with van der Waals surface area (Å²) in [6.45, 7) is 8.16. The molecular formula is C25H38O4. The molecule has 4 heteroatoms. The number of benzene rings is 1. The van der Waals surface area contributed by atoms with Crippen LogP contribution in [0.1, 0.15) is 103 Å². The van der Waals surface area contributed by atoms with E-state index in [-0.39, 0.29) is 11.5 Å². The Kier molecular flexibility index (Phi) is 8.60. The standard InChI is InChI=1S/C25H38O4/c1-5-8-10-18(7-3)19-14-22(26)24(23(27)15-19)21-13-17(9-6-2)11-12-20(21)16(4)25(28)29/h14-18,26-27H,5-13H2,1-4H3,(H,28,29). The Morgan fingerprint density at radius 3 is 2.31 bits per heavy atom. The van der Waals surface area contributed by atoms with Gasteiger partial charge in [-0.05, 0) is 74.1 Å². The van der Waals surface area contributed by atoms with E-state index in [0.29, 0.717) is 30.2 Å². The van der Waals surface area contributed by atoms with Gasteiger partial charge >= 0.3 is 5.97 Å². The number of carbonyl (C=O) groups is 1. The maximum absolute atomic E-state index is 11.7. The zero-order chi connectivity index (χ0) is 21.6. The summed E-state index contributed by atoms with van der Waals surface area (Å²) in [5.74, 6) is -0.529. The number of hydrogen-bond donors (Lipinski definition) is 3. The molecule has 1 aromatic rings. The molecular weight excluding hydrogens is 364 g/mol.